The number of esters is 1. The van der Waals surface area contributed by atoms with E-state index in [0.717, 1.165) is 16.7 Å². The Kier molecular flexibility index (Phi) is 5.31. The van der Waals surface area contributed by atoms with Gasteiger partial charge in [0.15, 0.2) is 12.4 Å². The van der Waals surface area contributed by atoms with E-state index in [-0.39, 0.29) is 24.4 Å². The number of aryl methyl sites for hydroxylation is 3. The summed E-state index contributed by atoms with van der Waals surface area (Å²) in [6.45, 7) is 7.48. The van der Waals surface area contributed by atoms with E-state index in [1.54, 1.807) is 13.0 Å². The summed E-state index contributed by atoms with van der Waals surface area (Å²) >= 11 is 0. The van der Waals surface area contributed by atoms with E-state index in [9.17, 15) is 9.59 Å². The van der Waals surface area contributed by atoms with Gasteiger partial charge < -0.3 is 13.9 Å². The number of carbonyl (C=O) groups excluding carboxylic acids is 1. The van der Waals surface area contributed by atoms with Crippen molar-refractivity contribution < 1.29 is 18.7 Å². The van der Waals surface area contributed by atoms with Crippen LogP contribution in [0.1, 0.15) is 23.6 Å². The molecule has 0 radical (unpaired) electrons. The summed E-state index contributed by atoms with van der Waals surface area (Å²) in [6, 6.07) is 11.2. The average molecular weight is 366 g/mol. The highest BCUT2D eigenvalue weighted by atomic mass is 16.6. The van der Waals surface area contributed by atoms with Gasteiger partial charge in [-0.15, -0.1) is 0 Å². The van der Waals surface area contributed by atoms with Crippen LogP contribution >= 0.6 is 0 Å². The number of benzene rings is 2. The minimum absolute atomic E-state index is 0.0164. The molecule has 0 aliphatic carbocycles. The molecule has 0 unspecified atom stereocenters. The molecule has 1 heterocycles. The van der Waals surface area contributed by atoms with Crippen LogP contribution < -0.4 is 10.2 Å². The Morgan fingerprint density at radius 2 is 1.70 bits per heavy atom. The van der Waals surface area contributed by atoms with Gasteiger partial charge >= 0.3 is 5.97 Å². The van der Waals surface area contributed by atoms with Gasteiger partial charge in [-0.2, -0.15) is 0 Å². The molecule has 0 saturated carbocycles. The third kappa shape index (κ3) is 3.87. The maximum atomic E-state index is 13.1. The molecule has 0 aliphatic rings. The van der Waals surface area contributed by atoms with Crippen LogP contribution in [0.4, 0.5) is 0 Å². The van der Waals surface area contributed by atoms with Gasteiger partial charge in [-0.05, 0) is 51.0 Å². The third-order valence-corrected chi connectivity index (χ3v) is 4.42. The van der Waals surface area contributed by atoms with E-state index < -0.39 is 5.97 Å². The summed E-state index contributed by atoms with van der Waals surface area (Å²) in [5.74, 6) is -0.213. The summed E-state index contributed by atoms with van der Waals surface area (Å²) in [7, 11) is 0. The first kappa shape index (κ1) is 18.7. The van der Waals surface area contributed by atoms with Crippen LogP contribution in [0, 0.1) is 20.8 Å². The number of fused-ring (bicyclic) bond motifs is 1. The fraction of sp³-hybridized carbons (Fsp3) is 0.273. The van der Waals surface area contributed by atoms with Crippen LogP contribution in [0.3, 0.4) is 0 Å². The largest absolute Gasteiger partial charge is 0.474 e. The lowest BCUT2D eigenvalue weighted by Gasteiger charge is -2.12. The number of carbonyl (C=O) groups is 1. The highest BCUT2D eigenvalue weighted by Crippen LogP contribution is 2.32. The van der Waals surface area contributed by atoms with Crippen molar-refractivity contribution in [2.45, 2.75) is 27.7 Å². The van der Waals surface area contributed by atoms with Gasteiger partial charge in [-0.3, -0.25) is 4.79 Å². The normalized spacial score (nSPS) is 10.8. The topological polar surface area (TPSA) is 65.7 Å². The van der Waals surface area contributed by atoms with Crippen molar-refractivity contribution in [3.63, 3.8) is 0 Å². The van der Waals surface area contributed by atoms with Crippen molar-refractivity contribution in [3.05, 3.63) is 63.3 Å². The Morgan fingerprint density at radius 1 is 1.04 bits per heavy atom. The van der Waals surface area contributed by atoms with Gasteiger partial charge in [0.2, 0.25) is 11.2 Å². The molecular formula is C22H22O5. The molecule has 27 heavy (non-hydrogen) atoms. The Hall–Kier alpha value is -3.08. The Labute approximate surface area is 157 Å². The van der Waals surface area contributed by atoms with Crippen LogP contribution in [0.5, 0.6) is 5.75 Å². The first-order valence-electron chi connectivity index (χ1n) is 8.84. The average Bonchev–Trinajstić information content (AvgIpc) is 2.63. The van der Waals surface area contributed by atoms with Crippen molar-refractivity contribution in [2.24, 2.45) is 0 Å². The van der Waals surface area contributed by atoms with E-state index in [2.05, 4.69) is 0 Å². The summed E-state index contributed by atoms with van der Waals surface area (Å²) < 4.78 is 16.5. The number of rotatable bonds is 5. The zero-order valence-electron chi connectivity index (χ0n) is 15.9. The third-order valence-electron chi connectivity index (χ3n) is 4.42. The van der Waals surface area contributed by atoms with Gasteiger partial charge in [0.25, 0.3) is 0 Å². The smallest absolute Gasteiger partial charge is 0.344 e. The quantitative estimate of drug-likeness (QED) is 0.629. The molecule has 0 amide bonds. The van der Waals surface area contributed by atoms with Gasteiger partial charge in [0.05, 0.1) is 12.0 Å². The first-order valence-corrected chi connectivity index (χ1v) is 8.84. The molecule has 0 N–H and O–H groups in total. The molecule has 5 heteroatoms. The predicted octanol–water partition coefficient (Wildman–Crippen LogP) is 4.33. The van der Waals surface area contributed by atoms with Crippen molar-refractivity contribution in [1.82, 2.24) is 0 Å². The summed E-state index contributed by atoms with van der Waals surface area (Å²) in [5.41, 5.74) is 3.98. The van der Waals surface area contributed by atoms with Crippen molar-refractivity contribution >= 4 is 16.9 Å². The lowest BCUT2D eigenvalue weighted by atomic mass is 10.0. The second kappa shape index (κ2) is 7.66. The number of hydrogen-bond acceptors (Lipinski definition) is 5. The number of ether oxygens (including phenoxy) is 2. The van der Waals surface area contributed by atoms with Crippen LogP contribution in [0.15, 0.2) is 45.6 Å². The van der Waals surface area contributed by atoms with Gasteiger partial charge in [-0.1, -0.05) is 29.8 Å². The van der Waals surface area contributed by atoms with E-state index in [0.29, 0.717) is 22.3 Å². The molecule has 1 aromatic heterocycles. The predicted molar refractivity (Wildman–Crippen MR) is 104 cm³/mol. The molecule has 2 aromatic carbocycles. The van der Waals surface area contributed by atoms with E-state index >= 15 is 0 Å². The fourth-order valence-corrected chi connectivity index (χ4v) is 2.79. The van der Waals surface area contributed by atoms with Gasteiger partial charge in [0, 0.05) is 5.56 Å². The second-order valence-corrected chi connectivity index (χ2v) is 6.48. The lowest BCUT2D eigenvalue weighted by molar-refractivity contribution is -0.145. The molecule has 0 bridgehead atoms. The highest BCUT2D eigenvalue weighted by molar-refractivity contribution is 5.83. The fourth-order valence-electron chi connectivity index (χ4n) is 2.79. The monoisotopic (exact) mass is 366 g/mol. The van der Waals surface area contributed by atoms with Crippen molar-refractivity contribution in [1.29, 1.82) is 0 Å². The van der Waals surface area contributed by atoms with Crippen molar-refractivity contribution in [2.75, 3.05) is 13.2 Å². The van der Waals surface area contributed by atoms with E-state index in [1.165, 1.54) is 0 Å². The molecule has 0 spiro atoms. The standard InChI is InChI=1S/C22H22O5/c1-5-25-19(23)12-26-22-20(24)17-10-14(3)15(4)11-18(17)27-21(22)16-8-6-13(2)7-9-16/h6-11H,5,12H2,1-4H3. The Morgan fingerprint density at radius 3 is 2.37 bits per heavy atom. The minimum Gasteiger partial charge on any atom is -0.474 e. The zero-order chi connectivity index (χ0) is 19.6. The number of hydrogen-bond donors (Lipinski definition) is 0. The molecule has 5 nitrogen and oxygen atoms in total. The molecule has 0 aliphatic heterocycles. The SMILES string of the molecule is CCOC(=O)COc1c(-c2ccc(C)cc2)oc2cc(C)c(C)cc2c1=O. The van der Waals surface area contributed by atoms with Crippen LogP contribution in [-0.4, -0.2) is 19.2 Å². The molecule has 0 saturated heterocycles. The summed E-state index contributed by atoms with van der Waals surface area (Å²) in [4.78, 5) is 24.8. The minimum atomic E-state index is -0.535. The van der Waals surface area contributed by atoms with Crippen LogP contribution in [0.2, 0.25) is 0 Å². The summed E-state index contributed by atoms with van der Waals surface area (Å²) in [6.07, 6.45) is 0. The highest BCUT2D eigenvalue weighted by Gasteiger charge is 2.19. The van der Waals surface area contributed by atoms with Gasteiger partial charge in [0.1, 0.15) is 5.58 Å². The maximum absolute atomic E-state index is 13.1. The molecule has 140 valence electrons. The molecule has 0 fully saturated rings. The summed E-state index contributed by atoms with van der Waals surface area (Å²) in [5, 5.41) is 0.424. The second-order valence-electron chi connectivity index (χ2n) is 6.48. The first-order chi connectivity index (χ1) is 12.9. The molecule has 0 atom stereocenters. The Balaban J connectivity index is 2.18. The van der Waals surface area contributed by atoms with Crippen LogP contribution in [-0.2, 0) is 9.53 Å². The van der Waals surface area contributed by atoms with Crippen LogP contribution in [0.25, 0.3) is 22.3 Å². The Bertz CT molecular complexity index is 1040. The van der Waals surface area contributed by atoms with Gasteiger partial charge in [-0.25, -0.2) is 4.79 Å². The lowest BCUT2D eigenvalue weighted by Crippen LogP contribution is -2.19. The molecule has 3 rings (SSSR count). The van der Waals surface area contributed by atoms with Crippen molar-refractivity contribution in [3.8, 4) is 17.1 Å². The molecule has 3 aromatic rings. The van der Waals surface area contributed by atoms with E-state index in [1.807, 2.05) is 51.1 Å². The maximum Gasteiger partial charge on any atom is 0.344 e. The van der Waals surface area contributed by atoms with E-state index in [4.69, 9.17) is 13.9 Å². The molecular weight excluding hydrogens is 344 g/mol. The zero-order valence-corrected chi connectivity index (χ0v) is 15.9.